The van der Waals surface area contributed by atoms with Crippen molar-refractivity contribution in [3.8, 4) is 0 Å². The van der Waals surface area contributed by atoms with Crippen molar-refractivity contribution < 1.29 is 19.1 Å². The number of hydrogen-bond donors (Lipinski definition) is 3. The van der Waals surface area contributed by atoms with Crippen LogP contribution in [-0.2, 0) is 11.3 Å². The van der Waals surface area contributed by atoms with Gasteiger partial charge >= 0.3 is 5.97 Å². The number of aromatic carboxylic acids is 1. The van der Waals surface area contributed by atoms with Gasteiger partial charge in [0, 0.05) is 18.3 Å². The summed E-state index contributed by atoms with van der Waals surface area (Å²) in [7, 11) is 0. The summed E-state index contributed by atoms with van der Waals surface area (Å²) in [5.41, 5.74) is 1.48. The minimum absolute atomic E-state index is 0.0891. The Labute approximate surface area is 115 Å². The average molecular weight is 274 g/mol. The van der Waals surface area contributed by atoms with Crippen LogP contribution in [0.4, 0.5) is 11.4 Å². The molecule has 20 heavy (non-hydrogen) atoms. The molecule has 0 bridgehead atoms. The van der Waals surface area contributed by atoms with E-state index in [-0.39, 0.29) is 11.7 Å². The van der Waals surface area contributed by atoms with Crippen molar-refractivity contribution in [2.75, 3.05) is 10.6 Å². The van der Waals surface area contributed by atoms with E-state index in [1.54, 1.807) is 24.3 Å². The van der Waals surface area contributed by atoms with E-state index in [0.29, 0.717) is 18.0 Å². The van der Waals surface area contributed by atoms with Gasteiger partial charge in [0.25, 0.3) is 0 Å². The van der Waals surface area contributed by atoms with Crippen molar-refractivity contribution in [1.29, 1.82) is 0 Å². The molecule has 104 valence electrons. The average Bonchev–Trinajstić information content (AvgIpc) is 2.85. The van der Waals surface area contributed by atoms with Crippen molar-refractivity contribution in [2.24, 2.45) is 0 Å². The quantitative estimate of drug-likeness (QED) is 0.779. The molecule has 1 aromatic heterocycles. The summed E-state index contributed by atoms with van der Waals surface area (Å²) in [6.45, 7) is 1.80. The van der Waals surface area contributed by atoms with Crippen molar-refractivity contribution in [2.45, 2.75) is 13.5 Å². The van der Waals surface area contributed by atoms with Crippen LogP contribution >= 0.6 is 0 Å². The molecule has 0 spiro atoms. The molecule has 0 saturated carbocycles. The Balaban J connectivity index is 1.99. The number of carboxylic acid groups (broad SMARTS) is 1. The van der Waals surface area contributed by atoms with Crippen molar-refractivity contribution in [3.63, 3.8) is 0 Å². The van der Waals surface area contributed by atoms with Gasteiger partial charge in [-0.3, -0.25) is 4.79 Å². The monoisotopic (exact) mass is 274 g/mol. The van der Waals surface area contributed by atoms with Gasteiger partial charge in [-0.2, -0.15) is 0 Å². The highest BCUT2D eigenvalue weighted by molar-refractivity contribution is 5.89. The second kappa shape index (κ2) is 5.92. The fourth-order valence-electron chi connectivity index (χ4n) is 1.69. The van der Waals surface area contributed by atoms with Gasteiger partial charge in [-0.15, -0.1) is 0 Å². The van der Waals surface area contributed by atoms with Crippen molar-refractivity contribution >= 4 is 23.3 Å². The lowest BCUT2D eigenvalue weighted by Crippen LogP contribution is -2.06. The first-order chi connectivity index (χ1) is 9.54. The molecule has 0 saturated heterocycles. The molecule has 1 aromatic carbocycles. The predicted octanol–water partition coefficient (Wildman–Crippen LogP) is 2.55. The van der Waals surface area contributed by atoms with Crippen molar-refractivity contribution in [1.82, 2.24) is 0 Å². The van der Waals surface area contributed by atoms with Gasteiger partial charge < -0.3 is 20.2 Å². The van der Waals surface area contributed by atoms with Gasteiger partial charge in [0.2, 0.25) is 11.7 Å². The van der Waals surface area contributed by atoms with Crippen LogP contribution in [0.15, 0.2) is 40.8 Å². The zero-order chi connectivity index (χ0) is 14.5. The number of carboxylic acids is 1. The van der Waals surface area contributed by atoms with E-state index >= 15 is 0 Å². The maximum Gasteiger partial charge on any atom is 0.371 e. The summed E-state index contributed by atoms with van der Waals surface area (Å²) < 4.78 is 5.13. The highest BCUT2D eigenvalue weighted by Crippen LogP contribution is 2.16. The molecule has 0 atom stereocenters. The summed E-state index contributed by atoms with van der Waals surface area (Å²) in [4.78, 5) is 21.6. The second-order valence-electron chi connectivity index (χ2n) is 4.19. The summed E-state index contributed by atoms with van der Waals surface area (Å²) in [5, 5.41) is 14.5. The number of carbonyl (C=O) groups is 2. The minimum atomic E-state index is -1.09. The van der Waals surface area contributed by atoms with E-state index in [0.717, 1.165) is 5.69 Å². The summed E-state index contributed by atoms with van der Waals surface area (Å²) in [6, 6.07) is 10.2. The molecule has 0 aliphatic carbocycles. The number of hydrogen-bond acceptors (Lipinski definition) is 4. The number of anilines is 2. The third kappa shape index (κ3) is 3.61. The third-order valence-electron chi connectivity index (χ3n) is 2.52. The Bertz CT molecular complexity index is 634. The van der Waals surface area contributed by atoms with E-state index in [2.05, 4.69) is 10.6 Å². The second-order valence-corrected chi connectivity index (χ2v) is 4.19. The molecule has 1 heterocycles. The number of nitrogens with one attached hydrogen (secondary N) is 2. The predicted molar refractivity (Wildman–Crippen MR) is 73.7 cm³/mol. The van der Waals surface area contributed by atoms with E-state index in [1.165, 1.54) is 13.0 Å². The first-order valence-electron chi connectivity index (χ1n) is 5.98. The number of furan rings is 1. The van der Waals surface area contributed by atoms with Gasteiger partial charge in [-0.05, 0) is 30.3 Å². The van der Waals surface area contributed by atoms with E-state index < -0.39 is 5.97 Å². The van der Waals surface area contributed by atoms with Crippen LogP contribution in [0.5, 0.6) is 0 Å². The number of rotatable bonds is 5. The zero-order valence-corrected chi connectivity index (χ0v) is 10.8. The first kappa shape index (κ1) is 13.7. The largest absolute Gasteiger partial charge is 0.475 e. The minimum Gasteiger partial charge on any atom is -0.475 e. The van der Waals surface area contributed by atoms with Gasteiger partial charge in [0.1, 0.15) is 5.76 Å². The summed E-state index contributed by atoms with van der Waals surface area (Å²) >= 11 is 0. The molecule has 0 fully saturated rings. The van der Waals surface area contributed by atoms with Crippen LogP contribution in [-0.4, -0.2) is 17.0 Å². The molecule has 6 nitrogen and oxygen atoms in total. The lowest BCUT2D eigenvalue weighted by Gasteiger charge is -2.07. The van der Waals surface area contributed by atoms with Gasteiger partial charge in [-0.1, -0.05) is 6.07 Å². The fraction of sp³-hybridized carbons (Fsp3) is 0.143. The standard InChI is InChI=1S/C14H14N2O4/c1-9(17)16-11-4-2-3-10(7-11)15-8-12-5-6-13(20-12)14(18)19/h2-7,15H,8H2,1H3,(H,16,17)(H,18,19). The van der Waals surface area contributed by atoms with Gasteiger partial charge in [-0.25, -0.2) is 4.79 Å². The molecule has 2 aromatic rings. The molecule has 3 N–H and O–H groups in total. The van der Waals surface area contributed by atoms with E-state index in [9.17, 15) is 9.59 Å². The fourth-order valence-corrected chi connectivity index (χ4v) is 1.69. The summed E-state index contributed by atoms with van der Waals surface area (Å²) in [6.07, 6.45) is 0. The first-order valence-corrected chi connectivity index (χ1v) is 5.98. The van der Waals surface area contributed by atoms with Crippen LogP contribution in [0.2, 0.25) is 0 Å². The Morgan fingerprint density at radius 2 is 1.95 bits per heavy atom. The maximum absolute atomic E-state index is 11.0. The normalized spacial score (nSPS) is 10.1. The highest BCUT2D eigenvalue weighted by atomic mass is 16.4. The lowest BCUT2D eigenvalue weighted by atomic mass is 10.2. The number of carbonyl (C=O) groups excluding carboxylic acids is 1. The Morgan fingerprint density at radius 3 is 2.60 bits per heavy atom. The molecule has 6 heteroatoms. The van der Waals surface area contributed by atoms with Crippen LogP contribution in [0, 0.1) is 0 Å². The molecule has 0 radical (unpaired) electrons. The molecule has 0 unspecified atom stereocenters. The maximum atomic E-state index is 11.0. The van der Waals surface area contributed by atoms with Crippen LogP contribution in [0.3, 0.4) is 0 Å². The highest BCUT2D eigenvalue weighted by Gasteiger charge is 2.08. The Hall–Kier alpha value is -2.76. The number of benzene rings is 1. The van der Waals surface area contributed by atoms with Crippen LogP contribution in [0.1, 0.15) is 23.2 Å². The van der Waals surface area contributed by atoms with Crippen LogP contribution in [0.25, 0.3) is 0 Å². The van der Waals surface area contributed by atoms with E-state index in [4.69, 9.17) is 9.52 Å². The Kier molecular flexibility index (Phi) is 4.05. The molecular formula is C14H14N2O4. The van der Waals surface area contributed by atoms with Gasteiger partial charge in [0.05, 0.1) is 6.54 Å². The molecule has 0 aliphatic rings. The molecular weight excluding hydrogens is 260 g/mol. The van der Waals surface area contributed by atoms with Crippen molar-refractivity contribution in [3.05, 3.63) is 47.9 Å². The third-order valence-corrected chi connectivity index (χ3v) is 2.52. The molecule has 2 rings (SSSR count). The smallest absolute Gasteiger partial charge is 0.371 e. The molecule has 0 aliphatic heterocycles. The lowest BCUT2D eigenvalue weighted by molar-refractivity contribution is -0.114. The Morgan fingerprint density at radius 1 is 1.20 bits per heavy atom. The topological polar surface area (TPSA) is 91.6 Å². The summed E-state index contributed by atoms with van der Waals surface area (Å²) in [5.74, 6) is -0.802. The SMILES string of the molecule is CC(=O)Nc1cccc(NCc2ccc(C(=O)O)o2)c1. The zero-order valence-electron chi connectivity index (χ0n) is 10.8. The van der Waals surface area contributed by atoms with Crippen LogP contribution < -0.4 is 10.6 Å². The van der Waals surface area contributed by atoms with Gasteiger partial charge in [0.15, 0.2) is 0 Å². The molecule has 1 amide bonds. The number of amides is 1. The van der Waals surface area contributed by atoms with E-state index in [1.807, 2.05) is 6.07 Å².